The number of hydrogen-bond acceptors (Lipinski definition) is 5. The first-order valence-electron chi connectivity index (χ1n) is 7.93. The fraction of sp³-hybridized carbons (Fsp3) is 0.158. The molecule has 1 fully saturated rings. The minimum absolute atomic E-state index is 0.116. The molecule has 1 saturated heterocycles. The number of amides is 1. The Morgan fingerprint density at radius 3 is 2.62 bits per heavy atom. The second kappa shape index (κ2) is 6.70. The van der Waals surface area contributed by atoms with Gasteiger partial charge in [0.05, 0.1) is 15.6 Å². The number of ether oxygens (including phenoxy) is 2. The summed E-state index contributed by atoms with van der Waals surface area (Å²) in [4.78, 5) is 19.2. The molecule has 0 N–H and O–H groups in total. The molecule has 0 bridgehead atoms. The van der Waals surface area contributed by atoms with Crippen LogP contribution in [-0.2, 0) is 4.79 Å². The van der Waals surface area contributed by atoms with E-state index in [1.54, 1.807) is 25.3 Å². The molecule has 1 amide bonds. The molecule has 2 heterocycles. The van der Waals surface area contributed by atoms with Crippen LogP contribution >= 0.6 is 23.4 Å². The second-order valence-corrected chi connectivity index (χ2v) is 7.35. The van der Waals surface area contributed by atoms with Crippen molar-refractivity contribution in [2.45, 2.75) is 6.92 Å². The van der Waals surface area contributed by atoms with E-state index in [1.807, 2.05) is 31.2 Å². The van der Waals surface area contributed by atoms with Crippen LogP contribution < -0.4 is 9.47 Å². The fourth-order valence-corrected chi connectivity index (χ4v) is 3.75. The number of benzene rings is 2. The molecule has 2 aliphatic rings. The van der Waals surface area contributed by atoms with Crippen LogP contribution in [0.5, 0.6) is 11.5 Å². The van der Waals surface area contributed by atoms with E-state index < -0.39 is 0 Å². The molecule has 0 spiro atoms. The number of amidine groups is 1. The predicted octanol–water partition coefficient (Wildman–Crippen LogP) is 4.61. The van der Waals surface area contributed by atoms with Gasteiger partial charge in [0.1, 0.15) is 0 Å². The van der Waals surface area contributed by atoms with Gasteiger partial charge in [-0.3, -0.25) is 9.69 Å². The molecule has 2 aromatic rings. The van der Waals surface area contributed by atoms with Gasteiger partial charge in [0.25, 0.3) is 5.91 Å². The normalized spacial score (nSPS) is 19.0. The average molecular weight is 387 g/mol. The lowest BCUT2D eigenvalue weighted by molar-refractivity contribution is -0.121. The second-order valence-electron chi connectivity index (χ2n) is 5.93. The van der Waals surface area contributed by atoms with Gasteiger partial charge < -0.3 is 9.47 Å². The van der Waals surface area contributed by atoms with Gasteiger partial charge in [-0.05, 0) is 48.5 Å². The van der Waals surface area contributed by atoms with Crippen molar-refractivity contribution in [3.8, 4) is 11.5 Å². The van der Waals surface area contributed by atoms with E-state index in [2.05, 4.69) is 4.99 Å². The smallest absolute Gasteiger partial charge is 0.266 e. The molecule has 4 rings (SSSR count). The molecule has 5 nitrogen and oxygen atoms in total. The van der Waals surface area contributed by atoms with Gasteiger partial charge in [0.15, 0.2) is 16.7 Å². The zero-order chi connectivity index (χ0) is 18.3. The SMILES string of the molecule is Cc1ccc(N=C2SC(=Cc3cc4c(cc3Cl)OCO4)C(=O)N2C)cc1. The summed E-state index contributed by atoms with van der Waals surface area (Å²) < 4.78 is 10.7. The van der Waals surface area contributed by atoms with Crippen LogP contribution in [-0.4, -0.2) is 29.8 Å². The molecule has 132 valence electrons. The maximum Gasteiger partial charge on any atom is 0.266 e. The Labute approximate surface area is 160 Å². The van der Waals surface area contributed by atoms with Gasteiger partial charge in [0, 0.05) is 13.1 Å². The standard InChI is InChI=1S/C19H15ClN2O3S/c1-11-3-5-13(6-4-11)21-19-22(2)18(23)17(26-19)8-12-7-15-16(9-14(12)20)25-10-24-15/h3-9H,10H2,1-2H3. The van der Waals surface area contributed by atoms with E-state index >= 15 is 0 Å². The third-order valence-electron chi connectivity index (χ3n) is 4.04. The van der Waals surface area contributed by atoms with Crippen molar-refractivity contribution in [1.29, 1.82) is 0 Å². The number of rotatable bonds is 2. The molecule has 2 aliphatic heterocycles. The molecule has 0 aliphatic carbocycles. The lowest BCUT2D eigenvalue weighted by atomic mass is 10.2. The number of carbonyl (C=O) groups is 1. The van der Waals surface area contributed by atoms with E-state index in [0.29, 0.717) is 32.2 Å². The number of fused-ring (bicyclic) bond motifs is 1. The van der Waals surface area contributed by atoms with E-state index in [4.69, 9.17) is 21.1 Å². The van der Waals surface area contributed by atoms with Crippen molar-refractivity contribution < 1.29 is 14.3 Å². The number of carbonyl (C=O) groups excluding carboxylic acids is 1. The first kappa shape index (κ1) is 17.0. The van der Waals surface area contributed by atoms with Gasteiger partial charge >= 0.3 is 0 Å². The highest BCUT2D eigenvalue weighted by Crippen LogP contribution is 2.39. The van der Waals surface area contributed by atoms with Crippen LogP contribution in [0.25, 0.3) is 6.08 Å². The molecule has 0 saturated carbocycles. The van der Waals surface area contributed by atoms with Crippen LogP contribution in [0.3, 0.4) is 0 Å². The minimum Gasteiger partial charge on any atom is -0.454 e. The summed E-state index contributed by atoms with van der Waals surface area (Å²) in [5.41, 5.74) is 2.67. The summed E-state index contributed by atoms with van der Waals surface area (Å²) in [5.74, 6) is 1.12. The number of aliphatic imine (C=N–C) groups is 1. The molecular formula is C19H15ClN2O3S. The van der Waals surface area contributed by atoms with Crippen molar-refractivity contribution in [2.24, 2.45) is 4.99 Å². The zero-order valence-electron chi connectivity index (χ0n) is 14.2. The highest BCUT2D eigenvalue weighted by Gasteiger charge is 2.30. The van der Waals surface area contributed by atoms with Crippen molar-refractivity contribution in [2.75, 3.05) is 13.8 Å². The van der Waals surface area contributed by atoms with Gasteiger partial charge in [-0.25, -0.2) is 4.99 Å². The monoisotopic (exact) mass is 386 g/mol. The van der Waals surface area contributed by atoms with Crippen LogP contribution in [0.1, 0.15) is 11.1 Å². The van der Waals surface area contributed by atoms with Crippen molar-refractivity contribution >= 4 is 46.2 Å². The van der Waals surface area contributed by atoms with E-state index in [0.717, 1.165) is 11.3 Å². The number of likely N-dealkylation sites (N-methyl/N-ethyl adjacent to an activating group) is 1. The maximum atomic E-state index is 12.6. The maximum absolute atomic E-state index is 12.6. The summed E-state index contributed by atoms with van der Waals surface area (Å²) in [7, 11) is 1.71. The van der Waals surface area contributed by atoms with Gasteiger partial charge in [-0.2, -0.15) is 0 Å². The molecule has 2 aromatic carbocycles. The Morgan fingerprint density at radius 2 is 1.88 bits per heavy atom. The van der Waals surface area contributed by atoms with Crippen LogP contribution in [0, 0.1) is 6.92 Å². The summed E-state index contributed by atoms with van der Waals surface area (Å²) in [6.45, 7) is 2.20. The molecule has 7 heteroatoms. The predicted molar refractivity (Wildman–Crippen MR) is 104 cm³/mol. The Morgan fingerprint density at radius 1 is 1.19 bits per heavy atom. The largest absolute Gasteiger partial charge is 0.454 e. The summed E-state index contributed by atoms with van der Waals surface area (Å²) in [6, 6.07) is 11.3. The lowest BCUT2D eigenvalue weighted by Crippen LogP contribution is -2.23. The van der Waals surface area contributed by atoms with E-state index in [1.165, 1.54) is 16.7 Å². The summed E-state index contributed by atoms with van der Waals surface area (Å²) in [5, 5.41) is 1.13. The lowest BCUT2D eigenvalue weighted by Gasteiger charge is -2.07. The van der Waals surface area contributed by atoms with Crippen molar-refractivity contribution in [1.82, 2.24) is 4.90 Å². The van der Waals surface area contributed by atoms with E-state index in [-0.39, 0.29) is 12.7 Å². The first-order valence-corrected chi connectivity index (χ1v) is 9.13. The average Bonchev–Trinajstić information content (AvgIpc) is 3.17. The van der Waals surface area contributed by atoms with Crippen molar-refractivity contribution in [3.63, 3.8) is 0 Å². The quantitative estimate of drug-likeness (QED) is 0.707. The van der Waals surface area contributed by atoms with Crippen molar-refractivity contribution in [3.05, 3.63) is 57.5 Å². The van der Waals surface area contributed by atoms with Gasteiger partial charge in [-0.15, -0.1) is 0 Å². The van der Waals surface area contributed by atoms with Crippen LogP contribution in [0.4, 0.5) is 5.69 Å². The molecule has 26 heavy (non-hydrogen) atoms. The number of nitrogens with zero attached hydrogens (tertiary/aromatic N) is 2. The minimum atomic E-state index is -0.116. The Hall–Kier alpha value is -2.44. The topological polar surface area (TPSA) is 51.1 Å². The molecule has 0 atom stereocenters. The summed E-state index contributed by atoms with van der Waals surface area (Å²) >= 11 is 7.63. The summed E-state index contributed by atoms with van der Waals surface area (Å²) in [6.07, 6.45) is 1.76. The third-order valence-corrected chi connectivity index (χ3v) is 5.43. The fourth-order valence-electron chi connectivity index (χ4n) is 2.57. The highest BCUT2D eigenvalue weighted by atomic mass is 35.5. The Bertz CT molecular complexity index is 954. The number of halogens is 1. The molecule has 0 aromatic heterocycles. The Balaban J connectivity index is 1.65. The molecular weight excluding hydrogens is 372 g/mol. The zero-order valence-corrected chi connectivity index (χ0v) is 15.7. The van der Waals surface area contributed by atoms with Crippen LogP contribution in [0.15, 0.2) is 46.3 Å². The Kier molecular flexibility index (Phi) is 4.38. The van der Waals surface area contributed by atoms with Crippen LogP contribution in [0.2, 0.25) is 5.02 Å². The number of thioether (sulfide) groups is 1. The number of hydrogen-bond donors (Lipinski definition) is 0. The first-order chi connectivity index (χ1) is 12.5. The molecule has 0 unspecified atom stereocenters. The molecule has 0 radical (unpaired) electrons. The highest BCUT2D eigenvalue weighted by molar-refractivity contribution is 8.18. The van der Waals surface area contributed by atoms with Gasteiger partial charge in [-0.1, -0.05) is 29.3 Å². The third kappa shape index (κ3) is 3.18. The van der Waals surface area contributed by atoms with E-state index in [9.17, 15) is 4.79 Å². The number of aryl methyl sites for hydroxylation is 1. The van der Waals surface area contributed by atoms with Gasteiger partial charge in [0.2, 0.25) is 6.79 Å².